The van der Waals surface area contributed by atoms with Crippen molar-refractivity contribution >= 4 is 17.5 Å². The summed E-state index contributed by atoms with van der Waals surface area (Å²) in [5, 5.41) is 5.79. The number of nitrogens with one attached hydrogen (secondary N) is 2. The molecule has 0 saturated heterocycles. The number of rotatable bonds is 5. The Morgan fingerprint density at radius 2 is 1.81 bits per heavy atom. The number of carbonyl (C=O) groups excluding carboxylic acids is 2. The molecular formula is C20H24N4O2. The highest BCUT2D eigenvalue weighted by molar-refractivity contribution is 6.04. The number of anilines is 1. The van der Waals surface area contributed by atoms with Crippen molar-refractivity contribution in [1.82, 2.24) is 10.3 Å². The second-order valence-corrected chi connectivity index (χ2v) is 6.73. The fourth-order valence-electron chi connectivity index (χ4n) is 3.21. The van der Waals surface area contributed by atoms with E-state index in [1.165, 1.54) is 0 Å². The predicted molar refractivity (Wildman–Crippen MR) is 100 cm³/mol. The quantitative estimate of drug-likeness (QED) is 0.770. The molecule has 4 N–H and O–H groups in total. The number of benzene rings is 1. The van der Waals surface area contributed by atoms with Crippen LogP contribution in [0.3, 0.4) is 0 Å². The maximum Gasteiger partial charge on any atom is 0.255 e. The van der Waals surface area contributed by atoms with Crippen LogP contribution in [0.2, 0.25) is 0 Å². The molecule has 3 rings (SSSR count). The van der Waals surface area contributed by atoms with Crippen LogP contribution in [-0.4, -0.2) is 22.8 Å². The molecule has 0 radical (unpaired) electrons. The number of nitrogens with zero attached hydrogens (tertiary/aromatic N) is 1. The molecule has 1 aromatic carbocycles. The van der Waals surface area contributed by atoms with Gasteiger partial charge in [-0.25, -0.2) is 0 Å². The Morgan fingerprint density at radius 3 is 2.50 bits per heavy atom. The molecule has 1 saturated carbocycles. The lowest BCUT2D eigenvalue weighted by molar-refractivity contribution is -0.126. The summed E-state index contributed by atoms with van der Waals surface area (Å²) in [6.45, 7) is 0.455. The Hall–Kier alpha value is -2.73. The number of amides is 2. The smallest absolute Gasteiger partial charge is 0.255 e. The number of nitrogens with two attached hydrogens (primary N) is 1. The van der Waals surface area contributed by atoms with Crippen molar-refractivity contribution in [1.29, 1.82) is 0 Å². The number of hydrogen-bond donors (Lipinski definition) is 3. The second-order valence-electron chi connectivity index (χ2n) is 6.73. The van der Waals surface area contributed by atoms with E-state index in [2.05, 4.69) is 15.6 Å². The van der Waals surface area contributed by atoms with Gasteiger partial charge in [-0.05, 0) is 49.1 Å². The van der Waals surface area contributed by atoms with Gasteiger partial charge in [0, 0.05) is 42.1 Å². The van der Waals surface area contributed by atoms with E-state index >= 15 is 0 Å². The van der Waals surface area contributed by atoms with Crippen molar-refractivity contribution in [3.8, 4) is 0 Å². The molecule has 1 fully saturated rings. The SMILES string of the molecule is NC1CCCC(C(=O)NCc2ccc(C(=O)Nc3ccncc3)cc2)C1. The Kier molecular flexibility index (Phi) is 5.96. The number of carbonyl (C=O) groups is 2. The van der Waals surface area contributed by atoms with Gasteiger partial charge in [0.2, 0.25) is 5.91 Å². The third-order valence-electron chi connectivity index (χ3n) is 4.71. The van der Waals surface area contributed by atoms with E-state index in [1.807, 2.05) is 12.1 Å². The summed E-state index contributed by atoms with van der Waals surface area (Å²) in [5.74, 6) is -0.0909. The zero-order chi connectivity index (χ0) is 18.4. The molecule has 2 atom stereocenters. The zero-order valence-electron chi connectivity index (χ0n) is 14.7. The molecule has 136 valence electrons. The lowest BCUT2D eigenvalue weighted by atomic mass is 9.85. The summed E-state index contributed by atoms with van der Waals surface area (Å²) in [7, 11) is 0. The van der Waals surface area contributed by atoms with Gasteiger partial charge in [0.1, 0.15) is 0 Å². The first kappa shape index (κ1) is 18.1. The van der Waals surface area contributed by atoms with Gasteiger partial charge in [0.05, 0.1) is 0 Å². The molecule has 2 aromatic rings. The lowest BCUT2D eigenvalue weighted by Gasteiger charge is -2.25. The van der Waals surface area contributed by atoms with Gasteiger partial charge in [-0.2, -0.15) is 0 Å². The highest BCUT2D eigenvalue weighted by Crippen LogP contribution is 2.23. The van der Waals surface area contributed by atoms with Crippen LogP contribution in [0.4, 0.5) is 5.69 Å². The third kappa shape index (κ3) is 4.89. The van der Waals surface area contributed by atoms with Crippen LogP contribution in [0, 0.1) is 5.92 Å². The first-order valence-corrected chi connectivity index (χ1v) is 8.95. The second kappa shape index (κ2) is 8.58. The van der Waals surface area contributed by atoms with Crippen molar-refractivity contribution in [2.45, 2.75) is 38.3 Å². The molecule has 6 nitrogen and oxygen atoms in total. The molecule has 2 unspecified atom stereocenters. The Bertz CT molecular complexity index is 746. The molecule has 0 spiro atoms. The molecule has 0 aliphatic heterocycles. The van der Waals surface area contributed by atoms with Crippen LogP contribution in [0.15, 0.2) is 48.8 Å². The van der Waals surface area contributed by atoms with Crippen molar-refractivity contribution in [3.05, 3.63) is 59.9 Å². The summed E-state index contributed by atoms with van der Waals surface area (Å²) in [6.07, 6.45) is 6.95. The minimum Gasteiger partial charge on any atom is -0.352 e. The fourth-order valence-corrected chi connectivity index (χ4v) is 3.21. The summed E-state index contributed by atoms with van der Waals surface area (Å²) < 4.78 is 0. The van der Waals surface area contributed by atoms with E-state index in [4.69, 9.17) is 5.73 Å². The largest absolute Gasteiger partial charge is 0.352 e. The van der Waals surface area contributed by atoms with Gasteiger partial charge in [-0.3, -0.25) is 14.6 Å². The van der Waals surface area contributed by atoms with Gasteiger partial charge < -0.3 is 16.4 Å². The summed E-state index contributed by atoms with van der Waals surface area (Å²) in [5.41, 5.74) is 8.17. The topological polar surface area (TPSA) is 97.1 Å². The minimum absolute atomic E-state index is 0.0177. The van der Waals surface area contributed by atoms with Crippen LogP contribution < -0.4 is 16.4 Å². The number of pyridine rings is 1. The van der Waals surface area contributed by atoms with E-state index in [9.17, 15) is 9.59 Å². The van der Waals surface area contributed by atoms with Crippen molar-refractivity contribution in [3.63, 3.8) is 0 Å². The molecule has 1 aliphatic rings. The van der Waals surface area contributed by atoms with Crippen LogP contribution in [-0.2, 0) is 11.3 Å². The first-order valence-electron chi connectivity index (χ1n) is 8.95. The standard InChI is InChI=1S/C20H24N4O2/c21-17-3-1-2-16(12-17)19(25)23-13-14-4-6-15(7-5-14)20(26)24-18-8-10-22-11-9-18/h4-11,16-17H,1-3,12-13,21H2,(H,23,25)(H,22,24,26). The predicted octanol–water partition coefficient (Wildman–Crippen LogP) is 2.47. The first-order chi connectivity index (χ1) is 12.6. The average Bonchev–Trinajstić information content (AvgIpc) is 2.67. The van der Waals surface area contributed by atoms with E-state index in [0.717, 1.165) is 31.2 Å². The minimum atomic E-state index is -0.178. The zero-order valence-corrected chi connectivity index (χ0v) is 14.7. The van der Waals surface area contributed by atoms with Gasteiger partial charge in [0.15, 0.2) is 0 Å². The van der Waals surface area contributed by atoms with Crippen LogP contribution >= 0.6 is 0 Å². The molecule has 26 heavy (non-hydrogen) atoms. The average molecular weight is 352 g/mol. The number of aromatic nitrogens is 1. The van der Waals surface area contributed by atoms with Crippen molar-refractivity contribution in [2.24, 2.45) is 11.7 Å². The van der Waals surface area contributed by atoms with Gasteiger partial charge in [0.25, 0.3) is 5.91 Å². The van der Waals surface area contributed by atoms with Crippen LogP contribution in [0.25, 0.3) is 0 Å². The van der Waals surface area contributed by atoms with E-state index in [-0.39, 0.29) is 23.8 Å². The monoisotopic (exact) mass is 352 g/mol. The third-order valence-corrected chi connectivity index (χ3v) is 4.71. The Morgan fingerprint density at radius 1 is 1.08 bits per heavy atom. The van der Waals surface area contributed by atoms with E-state index < -0.39 is 0 Å². The maximum absolute atomic E-state index is 12.3. The summed E-state index contributed by atoms with van der Waals surface area (Å²) in [4.78, 5) is 28.4. The van der Waals surface area contributed by atoms with Crippen molar-refractivity contribution < 1.29 is 9.59 Å². The molecule has 6 heteroatoms. The molecule has 0 bridgehead atoms. The summed E-state index contributed by atoms with van der Waals surface area (Å²) >= 11 is 0. The highest BCUT2D eigenvalue weighted by Gasteiger charge is 2.24. The van der Waals surface area contributed by atoms with Gasteiger partial charge in [-0.1, -0.05) is 18.6 Å². The molecule has 2 amide bonds. The van der Waals surface area contributed by atoms with Crippen molar-refractivity contribution in [2.75, 3.05) is 5.32 Å². The molecule has 1 aliphatic carbocycles. The number of hydrogen-bond acceptors (Lipinski definition) is 4. The normalized spacial score (nSPS) is 19.6. The van der Waals surface area contributed by atoms with E-state index in [0.29, 0.717) is 17.8 Å². The Labute approximate surface area is 153 Å². The summed E-state index contributed by atoms with van der Waals surface area (Å²) in [6, 6.07) is 10.8. The Balaban J connectivity index is 1.51. The molecular weight excluding hydrogens is 328 g/mol. The van der Waals surface area contributed by atoms with Crippen LogP contribution in [0.5, 0.6) is 0 Å². The van der Waals surface area contributed by atoms with Crippen LogP contribution in [0.1, 0.15) is 41.6 Å². The lowest BCUT2D eigenvalue weighted by Crippen LogP contribution is -2.37. The van der Waals surface area contributed by atoms with Gasteiger partial charge in [-0.15, -0.1) is 0 Å². The maximum atomic E-state index is 12.3. The molecule has 1 heterocycles. The molecule has 1 aromatic heterocycles. The highest BCUT2D eigenvalue weighted by atomic mass is 16.2. The fraction of sp³-hybridized carbons (Fsp3) is 0.350. The van der Waals surface area contributed by atoms with Gasteiger partial charge >= 0.3 is 0 Å². The van der Waals surface area contributed by atoms with E-state index in [1.54, 1.807) is 36.7 Å².